The maximum atomic E-state index is 12.8. The van der Waals surface area contributed by atoms with Crippen LogP contribution in [-0.4, -0.2) is 33.0 Å². The summed E-state index contributed by atoms with van der Waals surface area (Å²) in [5, 5.41) is 11.1. The lowest BCUT2D eigenvalue weighted by molar-refractivity contribution is -0.387. The molecular weight excluding hydrogens is 384 g/mol. The van der Waals surface area contributed by atoms with Gasteiger partial charge in [-0.1, -0.05) is 23.7 Å². The zero-order valence-corrected chi connectivity index (χ0v) is 15.5. The molecule has 0 amide bonds. The van der Waals surface area contributed by atoms with Crippen LogP contribution in [0, 0.1) is 10.1 Å². The van der Waals surface area contributed by atoms with E-state index < -0.39 is 31.5 Å². The van der Waals surface area contributed by atoms with Gasteiger partial charge in [-0.05, 0) is 31.2 Å². The predicted octanol–water partition coefficient (Wildman–Crippen LogP) is 3.25. The van der Waals surface area contributed by atoms with Gasteiger partial charge in [0, 0.05) is 13.1 Å². The maximum absolute atomic E-state index is 12.8. The normalized spacial score (nSPS) is 11.0. The zero-order chi connectivity index (χ0) is 19.5. The van der Waals surface area contributed by atoms with Crippen LogP contribution in [0.4, 0.5) is 11.4 Å². The number of para-hydroxylation sites is 1. The van der Waals surface area contributed by atoms with E-state index in [0.29, 0.717) is 0 Å². The predicted molar refractivity (Wildman–Crippen MR) is 96.1 cm³/mol. The fourth-order valence-electron chi connectivity index (χ4n) is 2.19. The van der Waals surface area contributed by atoms with Gasteiger partial charge in [0.15, 0.2) is 4.90 Å². The van der Waals surface area contributed by atoms with Crippen LogP contribution in [0.2, 0.25) is 5.02 Å². The van der Waals surface area contributed by atoms with Crippen molar-refractivity contribution in [3.05, 3.63) is 63.2 Å². The topological polar surface area (TPSA) is 107 Å². The molecule has 0 bridgehead atoms. The van der Waals surface area contributed by atoms with Gasteiger partial charge >= 0.3 is 5.97 Å². The highest BCUT2D eigenvalue weighted by Crippen LogP contribution is 2.31. The van der Waals surface area contributed by atoms with Gasteiger partial charge in [0.25, 0.3) is 15.7 Å². The Morgan fingerprint density at radius 2 is 1.92 bits per heavy atom. The number of esters is 1. The van der Waals surface area contributed by atoms with Gasteiger partial charge in [-0.3, -0.25) is 14.4 Å². The van der Waals surface area contributed by atoms with Gasteiger partial charge in [-0.2, -0.15) is 0 Å². The Morgan fingerprint density at radius 1 is 1.27 bits per heavy atom. The fourth-order valence-corrected chi connectivity index (χ4v) is 3.78. The monoisotopic (exact) mass is 398 g/mol. The van der Waals surface area contributed by atoms with E-state index in [-0.39, 0.29) is 22.9 Å². The molecule has 0 fully saturated rings. The molecule has 0 unspecified atom stereocenters. The molecule has 0 saturated carbocycles. The first-order chi connectivity index (χ1) is 12.2. The van der Waals surface area contributed by atoms with Crippen LogP contribution in [0.1, 0.15) is 17.3 Å². The van der Waals surface area contributed by atoms with Crippen molar-refractivity contribution in [2.24, 2.45) is 0 Å². The van der Waals surface area contributed by atoms with Crippen molar-refractivity contribution >= 4 is 39.0 Å². The largest absolute Gasteiger partial charge is 0.462 e. The number of rotatable bonds is 6. The van der Waals surface area contributed by atoms with Crippen molar-refractivity contribution in [2.75, 3.05) is 18.0 Å². The minimum atomic E-state index is -4.21. The minimum absolute atomic E-state index is 0.00515. The average Bonchev–Trinajstić information content (AvgIpc) is 2.61. The van der Waals surface area contributed by atoms with Gasteiger partial charge < -0.3 is 4.74 Å². The Labute approximate surface area is 155 Å². The third-order valence-corrected chi connectivity index (χ3v) is 5.66. The minimum Gasteiger partial charge on any atom is -0.462 e. The van der Waals surface area contributed by atoms with Crippen molar-refractivity contribution in [3.8, 4) is 0 Å². The first kappa shape index (κ1) is 19.7. The van der Waals surface area contributed by atoms with Crippen molar-refractivity contribution in [2.45, 2.75) is 11.8 Å². The molecule has 0 aliphatic rings. The second-order valence-corrected chi connectivity index (χ2v) is 7.43. The highest BCUT2D eigenvalue weighted by Gasteiger charge is 2.29. The molecule has 0 N–H and O–H groups in total. The Hall–Kier alpha value is -2.65. The molecule has 138 valence electrons. The molecule has 2 aromatic carbocycles. The standard InChI is InChI=1S/C16H15ClN2O6S/c1-3-25-16(20)12-9-8-11(10-13(12)17)18(2)26(23,24)15-7-5-4-6-14(15)19(21)22/h4-10H,3H2,1-2H3. The first-order valence-corrected chi connectivity index (χ1v) is 9.21. The first-order valence-electron chi connectivity index (χ1n) is 7.39. The summed E-state index contributed by atoms with van der Waals surface area (Å²) in [5.41, 5.74) is -0.302. The molecule has 8 nitrogen and oxygen atoms in total. The maximum Gasteiger partial charge on any atom is 0.339 e. The van der Waals surface area contributed by atoms with Gasteiger partial charge in [0.1, 0.15) is 0 Å². The Balaban J connectivity index is 2.46. The van der Waals surface area contributed by atoms with Crippen LogP contribution < -0.4 is 4.31 Å². The Morgan fingerprint density at radius 3 is 2.50 bits per heavy atom. The van der Waals surface area contributed by atoms with E-state index in [0.717, 1.165) is 16.4 Å². The van der Waals surface area contributed by atoms with Crippen molar-refractivity contribution in [3.63, 3.8) is 0 Å². The summed E-state index contributed by atoms with van der Waals surface area (Å²) in [6.45, 7) is 1.82. The molecule has 10 heteroatoms. The molecule has 0 radical (unpaired) electrons. The van der Waals surface area contributed by atoms with Gasteiger partial charge in [-0.15, -0.1) is 0 Å². The summed E-state index contributed by atoms with van der Waals surface area (Å²) in [5.74, 6) is -0.631. The number of hydrogen-bond acceptors (Lipinski definition) is 6. The van der Waals surface area contributed by atoms with Crippen LogP contribution in [0.3, 0.4) is 0 Å². The number of ether oxygens (including phenoxy) is 1. The second-order valence-electron chi connectivity index (χ2n) is 5.08. The lowest BCUT2D eigenvalue weighted by Gasteiger charge is -2.20. The van der Waals surface area contributed by atoms with E-state index in [9.17, 15) is 23.3 Å². The smallest absolute Gasteiger partial charge is 0.339 e. The lowest BCUT2D eigenvalue weighted by atomic mass is 10.2. The van der Waals surface area contributed by atoms with E-state index in [1.165, 1.54) is 37.4 Å². The number of nitrogens with zero attached hydrogens (tertiary/aromatic N) is 2. The highest BCUT2D eigenvalue weighted by molar-refractivity contribution is 7.93. The number of sulfonamides is 1. The van der Waals surface area contributed by atoms with Crippen LogP contribution in [0.15, 0.2) is 47.4 Å². The van der Waals surface area contributed by atoms with Gasteiger partial charge in [0.2, 0.25) is 0 Å². The summed E-state index contributed by atoms with van der Waals surface area (Å²) in [6, 6.07) is 9.01. The molecule has 26 heavy (non-hydrogen) atoms. The van der Waals surface area contributed by atoms with E-state index in [4.69, 9.17) is 16.3 Å². The van der Waals surface area contributed by atoms with E-state index >= 15 is 0 Å². The average molecular weight is 399 g/mol. The molecule has 0 atom stereocenters. The SMILES string of the molecule is CCOC(=O)c1ccc(N(C)S(=O)(=O)c2ccccc2[N+](=O)[O-])cc1Cl. The molecule has 0 saturated heterocycles. The molecular formula is C16H15ClN2O6S. The molecule has 0 aliphatic carbocycles. The van der Waals surface area contributed by atoms with Crippen LogP contribution in [0.5, 0.6) is 0 Å². The molecule has 2 aromatic rings. The van der Waals surface area contributed by atoms with Crippen LogP contribution in [-0.2, 0) is 14.8 Å². The third-order valence-electron chi connectivity index (χ3n) is 3.51. The quantitative estimate of drug-likeness (QED) is 0.420. The molecule has 2 rings (SSSR count). The number of carbonyl (C=O) groups excluding carboxylic acids is 1. The number of hydrogen-bond donors (Lipinski definition) is 0. The van der Waals surface area contributed by atoms with Crippen molar-refractivity contribution < 1.29 is 22.9 Å². The van der Waals surface area contributed by atoms with Crippen molar-refractivity contribution in [1.82, 2.24) is 0 Å². The number of nitro benzene ring substituents is 1. The Bertz CT molecular complexity index is 961. The van der Waals surface area contributed by atoms with E-state index in [1.54, 1.807) is 6.92 Å². The summed E-state index contributed by atoms with van der Waals surface area (Å²) in [7, 11) is -2.97. The number of nitro groups is 1. The van der Waals surface area contributed by atoms with Gasteiger partial charge in [-0.25, -0.2) is 13.2 Å². The second kappa shape index (κ2) is 7.71. The third kappa shape index (κ3) is 3.78. The lowest BCUT2D eigenvalue weighted by Crippen LogP contribution is -2.27. The summed E-state index contributed by atoms with van der Waals surface area (Å²) < 4.78 is 31.3. The van der Waals surface area contributed by atoms with E-state index in [2.05, 4.69) is 0 Å². The van der Waals surface area contributed by atoms with Crippen LogP contribution in [0.25, 0.3) is 0 Å². The number of carbonyl (C=O) groups is 1. The highest BCUT2D eigenvalue weighted by atomic mass is 35.5. The number of benzene rings is 2. The fraction of sp³-hybridized carbons (Fsp3) is 0.188. The van der Waals surface area contributed by atoms with Gasteiger partial charge in [0.05, 0.1) is 27.8 Å². The Kier molecular flexibility index (Phi) is 5.83. The van der Waals surface area contributed by atoms with Crippen LogP contribution >= 0.6 is 11.6 Å². The molecule has 0 aromatic heterocycles. The molecule has 0 aliphatic heterocycles. The number of halogens is 1. The summed E-state index contributed by atoms with van der Waals surface area (Å²) in [4.78, 5) is 21.7. The van der Waals surface area contributed by atoms with E-state index in [1.807, 2.05) is 0 Å². The number of anilines is 1. The zero-order valence-electron chi connectivity index (χ0n) is 13.9. The summed E-state index contributed by atoms with van der Waals surface area (Å²) >= 11 is 6.05. The summed E-state index contributed by atoms with van der Waals surface area (Å²) in [6.07, 6.45) is 0. The molecule has 0 spiro atoms. The van der Waals surface area contributed by atoms with Crippen molar-refractivity contribution in [1.29, 1.82) is 0 Å². The molecule has 0 heterocycles.